The van der Waals surface area contributed by atoms with Crippen LogP contribution in [0.25, 0.3) is 0 Å². The number of hydrogen-bond acceptors (Lipinski definition) is 5. The quantitative estimate of drug-likeness (QED) is 0.650. The Balaban J connectivity index is 4.17. The molecule has 0 atom stereocenters. The molecule has 0 aliphatic carbocycles. The van der Waals surface area contributed by atoms with E-state index in [-0.39, 0.29) is 18.5 Å². The number of methoxy groups -OCH3 is 1. The second kappa shape index (κ2) is 8.08. The van der Waals surface area contributed by atoms with E-state index in [1.165, 1.54) is 7.11 Å². The molecule has 0 aromatic carbocycles. The third-order valence-corrected chi connectivity index (χ3v) is 2.17. The molecule has 106 valence electrons. The second-order valence-corrected chi connectivity index (χ2v) is 5.19. The number of hydrogen-bond donors (Lipinski definition) is 0. The normalized spacial score (nSPS) is 11.4. The van der Waals surface area contributed by atoms with Crippen LogP contribution in [0.5, 0.6) is 0 Å². The number of carbonyl (C=O) groups is 2. The summed E-state index contributed by atoms with van der Waals surface area (Å²) in [6.45, 7) is 9.02. The van der Waals surface area contributed by atoms with Gasteiger partial charge in [-0.05, 0) is 33.7 Å². The fourth-order valence-electron chi connectivity index (χ4n) is 1.49. The minimum Gasteiger partial charge on any atom is -0.469 e. The van der Waals surface area contributed by atoms with Gasteiger partial charge in [-0.15, -0.1) is 0 Å². The molecule has 0 aromatic heterocycles. The van der Waals surface area contributed by atoms with Crippen molar-refractivity contribution in [2.24, 2.45) is 0 Å². The van der Waals surface area contributed by atoms with Gasteiger partial charge in [0.15, 0.2) is 0 Å². The summed E-state index contributed by atoms with van der Waals surface area (Å²) >= 11 is 0. The van der Waals surface area contributed by atoms with Crippen LogP contribution in [0.3, 0.4) is 0 Å². The van der Waals surface area contributed by atoms with Crippen molar-refractivity contribution in [1.29, 1.82) is 0 Å². The molecule has 0 N–H and O–H groups in total. The molecule has 0 aliphatic heterocycles. The third kappa shape index (κ3) is 8.98. The molecule has 0 unspecified atom stereocenters. The molecule has 0 aliphatic rings. The van der Waals surface area contributed by atoms with E-state index >= 15 is 0 Å². The highest BCUT2D eigenvalue weighted by Gasteiger charge is 2.19. The number of ether oxygens (including phenoxy) is 2. The van der Waals surface area contributed by atoms with E-state index in [0.717, 1.165) is 13.0 Å². The van der Waals surface area contributed by atoms with Gasteiger partial charge in [0.1, 0.15) is 5.60 Å². The summed E-state index contributed by atoms with van der Waals surface area (Å²) in [4.78, 5) is 24.7. The van der Waals surface area contributed by atoms with Crippen LogP contribution in [-0.2, 0) is 19.1 Å². The Labute approximate surface area is 109 Å². The fraction of sp³-hybridized carbons (Fsp3) is 0.846. The first-order valence-electron chi connectivity index (χ1n) is 6.29. The van der Waals surface area contributed by atoms with Crippen LogP contribution in [0, 0.1) is 0 Å². The SMILES string of the molecule is CCCN(CCC(=O)OC)CC(=O)OC(C)(C)C. The standard InChI is InChI=1S/C13H25NO4/c1-6-8-14(9-7-11(15)17-5)10-12(16)18-13(2,3)4/h6-10H2,1-5H3. The highest BCUT2D eigenvalue weighted by Crippen LogP contribution is 2.08. The van der Waals surface area contributed by atoms with Gasteiger partial charge in [-0.25, -0.2) is 0 Å². The molecule has 0 aromatic rings. The van der Waals surface area contributed by atoms with Crippen LogP contribution >= 0.6 is 0 Å². The van der Waals surface area contributed by atoms with Gasteiger partial charge in [-0.2, -0.15) is 0 Å². The Morgan fingerprint density at radius 1 is 1.11 bits per heavy atom. The minimum atomic E-state index is -0.475. The van der Waals surface area contributed by atoms with Crippen molar-refractivity contribution in [2.75, 3.05) is 26.7 Å². The van der Waals surface area contributed by atoms with Crippen LogP contribution < -0.4 is 0 Å². The van der Waals surface area contributed by atoms with Crippen molar-refractivity contribution in [3.8, 4) is 0 Å². The largest absolute Gasteiger partial charge is 0.469 e. The number of rotatable bonds is 7. The van der Waals surface area contributed by atoms with Crippen LogP contribution in [0.1, 0.15) is 40.5 Å². The first-order valence-corrected chi connectivity index (χ1v) is 6.29. The maximum Gasteiger partial charge on any atom is 0.320 e. The van der Waals surface area contributed by atoms with E-state index < -0.39 is 5.60 Å². The highest BCUT2D eigenvalue weighted by molar-refractivity contribution is 5.72. The minimum absolute atomic E-state index is 0.210. The Kier molecular flexibility index (Phi) is 7.59. The lowest BCUT2D eigenvalue weighted by Gasteiger charge is -2.24. The van der Waals surface area contributed by atoms with Crippen molar-refractivity contribution in [3.63, 3.8) is 0 Å². The maximum atomic E-state index is 11.7. The average molecular weight is 259 g/mol. The Bertz CT molecular complexity index is 271. The zero-order valence-electron chi connectivity index (χ0n) is 12.1. The number of nitrogens with zero attached hydrogens (tertiary/aromatic N) is 1. The molecule has 0 radical (unpaired) electrons. The van der Waals surface area contributed by atoms with Gasteiger partial charge in [-0.3, -0.25) is 14.5 Å². The molecule has 0 spiro atoms. The lowest BCUT2D eigenvalue weighted by atomic mass is 10.2. The summed E-state index contributed by atoms with van der Waals surface area (Å²) < 4.78 is 9.83. The molecule has 0 bridgehead atoms. The molecule has 0 rings (SSSR count). The predicted octanol–water partition coefficient (Wildman–Crippen LogP) is 1.60. The average Bonchev–Trinajstić information content (AvgIpc) is 2.23. The van der Waals surface area contributed by atoms with Gasteiger partial charge < -0.3 is 9.47 Å². The topological polar surface area (TPSA) is 55.8 Å². The van der Waals surface area contributed by atoms with Gasteiger partial charge in [-0.1, -0.05) is 6.92 Å². The molecule has 0 saturated carbocycles. The fourth-order valence-corrected chi connectivity index (χ4v) is 1.49. The van der Waals surface area contributed by atoms with Gasteiger partial charge in [0.25, 0.3) is 0 Å². The molecule has 18 heavy (non-hydrogen) atoms. The molecule has 0 saturated heterocycles. The highest BCUT2D eigenvalue weighted by atomic mass is 16.6. The molecule has 5 heteroatoms. The van der Waals surface area contributed by atoms with Crippen LogP contribution in [-0.4, -0.2) is 49.2 Å². The van der Waals surface area contributed by atoms with Gasteiger partial charge in [0.2, 0.25) is 0 Å². The van der Waals surface area contributed by atoms with Crippen molar-refractivity contribution >= 4 is 11.9 Å². The van der Waals surface area contributed by atoms with E-state index in [1.54, 1.807) is 0 Å². The first-order chi connectivity index (χ1) is 8.28. The summed E-state index contributed by atoms with van der Waals surface area (Å²) in [6.07, 6.45) is 1.21. The second-order valence-electron chi connectivity index (χ2n) is 5.19. The van der Waals surface area contributed by atoms with E-state index in [4.69, 9.17) is 4.74 Å². The van der Waals surface area contributed by atoms with Crippen molar-refractivity contribution in [2.45, 2.75) is 46.1 Å². The van der Waals surface area contributed by atoms with Gasteiger partial charge in [0.05, 0.1) is 20.1 Å². The van der Waals surface area contributed by atoms with Crippen LogP contribution in [0.4, 0.5) is 0 Å². The van der Waals surface area contributed by atoms with Gasteiger partial charge >= 0.3 is 11.9 Å². The Hall–Kier alpha value is -1.10. The summed E-state index contributed by atoms with van der Waals surface area (Å²) in [7, 11) is 1.36. The number of esters is 2. The molecule has 0 heterocycles. The van der Waals surface area contributed by atoms with Crippen molar-refractivity contribution < 1.29 is 19.1 Å². The monoisotopic (exact) mass is 259 g/mol. The van der Waals surface area contributed by atoms with Crippen LogP contribution in [0.2, 0.25) is 0 Å². The van der Waals surface area contributed by atoms with Crippen molar-refractivity contribution in [3.05, 3.63) is 0 Å². The van der Waals surface area contributed by atoms with E-state index in [9.17, 15) is 9.59 Å². The molecule has 5 nitrogen and oxygen atoms in total. The molecular weight excluding hydrogens is 234 g/mol. The number of carbonyl (C=O) groups excluding carboxylic acids is 2. The smallest absolute Gasteiger partial charge is 0.320 e. The summed E-state index contributed by atoms with van der Waals surface area (Å²) in [6, 6.07) is 0. The molecule has 0 amide bonds. The molecule has 0 fully saturated rings. The first kappa shape index (κ1) is 16.9. The summed E-state index contributed by atoms with van der Waals surface area (Å²) in [5, 5.41) is 0. The van der Waals surface area contributed by atoms with Crippen LogP contribution in [0.15, 0.2) is 0 Å². The molecular formula is C13H25NO4. The summed E-state index contributed by atoms with van der Waals surface area (Å²) in [5.41, 5.74) is -0.475. The van der Waals surface area contributed by atoms with E-state index in [1.807, 2.05) is 32.6 Å². The Morgan fingerprint density at radius 2 is 1.72 bits per heavy atom. The zero-order chi connectivity index (χ0) is 14.2. The van der Waals surface area contributed by atoms with E-state index in [0.29, 0.717) is 13.0 Å². The van der Waals surface area contributed by atoms with E-state index in [2.05, 4.69) is 4.74 Å². The zero-order valence-corrected chi connectivity index (χ0v) is 12.1. The lowest BCUT2D eigenvalue weighted by molar-refractivity contribution is -0.156. The lowest BCUT2D eigenvalue weighted by Crippen LogP contribution is -2.36. The van der Waals surface area contributed by atoms with Gasteiger partial charge in [0, 0.05) is 6.54 Å². The third-order valence-electron chi connectivity index (χ3n) is 2.17. The van der Waals surface area contributed by atoms with Crippen molar-refractivity contribution in [1.82, 2.24) is 4.90 Å². The maximum absolute atomic E-state index is 11.7. The Morgan fingerprint density at radius 3 is 2.17 bits per heavy atom. The summed E-state index contributed by atoms with van der Waals surface area (Å²) in [5.74, 6) is -0.527. The predicted molar refractivity (Wildman–Crippen MR) is 69.2 cm³/mol.